The van der Waals surface area contributed by atoms with Crippen LogP contribution in [0.25, 0.3) is 0 Å². The predicted molar refractivity (Wildman–Crippen MR) is 97.6 cm³/mol. The number of carboxylic acid groups (broad SMARTS) is 1. The van der Waals surface area contributed by atoms with Gasteiger partial charge in [-0.25, -0.2) is 14.2 Å². The lowest BCUT2D eigenvalue weighted by molar-refractivity contribution is 0.0603. The number of aromatic carboxylic acids is 1. The number of aromatic nitrogens is 1. The summed E-state index contributed by atoms with van der Waals surface area (Å²) in [6, 6.07) is 3.54. The molecule has 0 spiro atoms. The molecule has 27 heavy (non-hydrogen) atoms. The molecule has 1 aromatic carbocycles. The summed E-state index contributed by atoms with van der Waals surface area (Å²) in [6.07, 6.45) is 0. The zero-order chi connectivity index (χ0) is 20.0. The van der Waals surface area contributed by atoms with Gasteiger partial charge in [-0.2, -0.15) is 0 Å². The van der Waals surface area contributed by atoms with Gasteiger partial charge in [0.05, 0.1) is 31.6 Å². The van der Waals surface area contributed by atoms with Crippen molar-refractivity contribution < 1.29 is 28.6 Å². The van der Waals surface area contributed by atoms with Crippen LogP contribution in [0.1, 0.15) is 49.3 Å². The van der Waals surface area contributed by atoms with Crippen molar-refractivity contribution in [2.75, 3.05) is 20.3 Å². The Kier molecular flexibility index (Phi) is 7.40. The van der Waals surface area contributed by atoms with Crippen LogP contribution in [0.4, 0.5) is 4.39 Å². The van der Waals surface area contributed by atoms with Crippen molar-refractivity contribution in [1.29, 1.82) is 0 Å². The number of carboxylic acids is 1. The number of methoxy groups -OCH3 is 1. The van der Waals surface area contributed by atoms with Gasteiger partial charge in [-0.3, -0.25) is 4.79 Å². The van der Waals surface area contributed by atoms with Crippen LogP contribution in [0.3, 0.4) is 0 Å². The first-order valence-electron chi connectivity index (χ1n) is 8.20. The fourth-order valence-corrected chi connectivity index (χ4v) is 3.20. The molecule has 0 saturated heterocycles. The second-order valence-electron chi connectivity index (χ2n) is 5.82. The van der Waals surface area contributed by atoms with E-state index < -0.39 is 23.7 Å². The van der Waals surface area contributed by atoms with Crippen molar-refractivity contribution in [2.24, 2.45) is 0 Å². The minimum Gasteiger partial charge on any atom is -0.477 e. The second kappa shape index (κ2) is 9.54. The van der Waals surface area contributed by atoms with Gasteiger partial charge in [-0.15, -0.1) is 11.3 Å². The smallest absolute Gasteiger partial charge is 0.347 e. The third-order valence-electron chi connectivity index (χ3n) is 3.72. The fourth-order valence-electron chi connectivity index (χ4n) is 2.29. The molecule has 0 aliphatic carbocycles. The molecule has 146 valence electrons. The molecule has 1 aromatic heterocycles. The van der Waals surface area contributed by atoms with E-state index in [0.29, 0.717) is 23.9 Å². The van der Waals surface area contributed by atoms with Crippen molar-refractivity contribution in [3.8, 4) is 0 Å². The maximum Gasteiger partial charge on any atom is 0.347 e. The van der Waals surface area contributed by atoms with E-state index in [2.05, 4.69) is 10.3 Å². The monoisotopic (exact) mass is 396 g/mol. The third kappa shape index (κ3) is 5.56. The topological polar surface area (TPSA) is 97.8 Å². The number of nitrogens with one attached hydrogen (secondary N) is 1. The Bertz CT molecular complexity index is 824. The van der Waals surface area contributed by atoms with Gasteiger partial charge in [0.25, 0.3) is 5.91 Å². The van der Waals surface area contributed by atoms with E-state index in [1.807, 2.05) is 0 Å². The van der Waals surface area contributed by atoms with Crippen LogP contribution >= 0.6 is 11.3 Å². The molecule has 2 rings (SSSR count). The zero-order valence-corrected chi connectivity index (χ0v) is 16.1. The van der Waals surface area contributed by atoms with Crippen LogP contribution in [-0.4, -0.2) is 42.3 Å². The molecular weight excluding hydrogens is 375 g/mol. The number of carbonyl (C=O) groups is 2. The van der Waals surface area contributed by atoms with Crippen LogP contribution in [0, 0.1) is 12.7 Å². The van der Waals surface area contributed by atoms with Gasteiger partial charge in [-0.1, -0.05) is 0 Å². The SMILES string of the molecule is COCCOCc1cc(C(=O)NC(C)c2nc(C)c(C(=O)O)s2)ccc1F. The van der Waals surface area contributed by atoms with E-state index in [4.69, 9.17) is 14.6 Å². The van der Waals surface area contributed by atoms with Crippen molar-refractivity contribution in [1.82, 2.24) is 10.3 Å². The largest absolute Gasteiger partial charge is 0.477 e. The lowest BCUT2D eigenvalue weighted by atomic mass is 10.1. The Balaban J connectivity index is 2.06. The van der Waals surface area contributed by atoms with Crippen molar-refractivity contribution in [3.63, 3.8) is 0 Å². The summed E-state index contributed by atoms with van der Waals surface area (Å²) in [5.41, 5.74) is 0.950. The molecule has 0 aliphatic heterocycles. The molecule has 7 nitrogen and oxygen atoms in total. The van der Waals surface area contributed by atoms with E-state index in [1.165, 1.54) is 18.2 Å². The molecule has 1 heterocycles. The van der Waals surface area contributed by atoms with Gasteiger partial charge in [-0.05, 0) is 32.0 Å². The van der Waals surface area contributed by atoms with Crippen LogP contribution in [0.2, 0.25) is 0 Å². The molecule has 2 N–H and O–H groups in total. The molecule has 0 aliphatic rings. The molecule has 0 radical (unpaired) electrons. The number of hydrogen-bond donors (Lipinski definition) is 2. The molecule has 0 saturated carbocycles. The number of carbonyl (C=O) groups excluding carboxylic acids is 1. The van der Waals surface area contributed by atoms with E-state index in [1.54, 1.807) is 21.0 Å². The number of amides is 1. The van der Waals surface area contributed by atoms with E-state index in [9.17, 15) is 14.0 Å². The first kappa shape index (κ1) is 20.9. The number of rotatable bonds is 9. The number of benzene rings is 1. The number of nitrogens with zero attached hydrogens (tertiary/aromatic N) is 1. The lowest BCUT2D eigenvalue weighted by Gasteiger charge is -2.12. The number of hydrogen-bond acceptors (Lipinski definition) is 6. The van der Waals surface area contributed by atoms with Crippen LogP contribution in [0.5, 0.6) is 0 Å². The molecular formula is C18H21FN2O5S. The summed E-state index contributed by atoms with van der Waals surface area (Å²) in [6.45, 7) is 4.05. The number of thiazole rings is 1. The van der Waals surface area contributed by atoms with E-state index in [-0.39, 0.29) is 22.6 Å². The van der Waals surface area contributed by atoms with Gasteiger partial charge in [0.15, 0.2) is 0 Å². The molecule has 0 fully saturated rings. The van der Waals surface area contributed by atoms with Gasteiger partial charge in [0.1, 0.15) is 15.7 Å². The Morgan fingerprint density at radius 1 is 1.37 bits per heavy atom. The third-order valence-corrected chi connectivity index (χ3v) is 5.05. The highest BCUT2D eigenvalue weighted by molar-refractivity contribution is 7.13. The standard InChI is InChI=1S/C18H21FN2O5S/c1-10-15(18(23)24)27-17(21-10)11(2)20-16(22)12-4-5-14(19)13(8-12)9-26-7-6-25-3/h4-5,8,11H,6-7,9H2,1-3H3,(H,20,22)(H,23,24). The number of halogens is 1. The average Bonchev–Trinajstić information content (AvgIpc) is 3.02. The average molecular weight is 396 g/mol. The van der Waals surface area contributed by atoms with Crippen LogP contribution in [-0.2, 0) is 16.1 Å². The van der Waals surface area contributed by atoms with Crippen LogP contribution < -0.4 is 5.32 Å². The Morgan fingerprint density at radius 2 is 2.11 bits per heavy atom. The predicted octanol–water partition coefficient (Wildman–Crippen LogP) is 2.94. The quantitative estimate of drug-likeness (QED) is 0.633. The normalized spacial score (nSPS) is 12.0. The number of ether oxygens (including phenoxy) is 2. The zero-order valence-electron chi connectivity index (χ0n) is 15.2. The summed E-state index contributed by atoms with van der Waals surface area (Å²) < 4.78 is 24.0. The minimum atomic E-state index is -1.05. The van der Waals surface area contributed by atoms with Crippen molar-refractivity contribution >= 4 is 23.2 Å². The molecule has 1 atom stereocenters. The number of aryl methyl sites for hydroxylation is 1. The first-order chi connectivity index (χ1) is 12.8. The Morgan fingerprint density at radius 3 is 2.74 bits per heavy atom. The van der Waals surface area contributed by atoms with Gasteiger partial charge in [0, 0.05) is 18.2 Å². The highest BCUT2D eigenvalue weighted by atomic mass is 32.1. The maximum atomic E-state index is 13.9. The van der Waals surface area contributed by atoms with E-state index in [0.717, 1.165) is 11.3 Å². The fraction of sp³-hybridized carbons (Fsp3) is 0.389. The van der Waals surface area contributed by atoms with E-state index >= 15 is 0 Å². The Hall–Kier alpha value is -2.36. The summed E-state index contributed by atoms with van der Waals surface area (Å²) in [5.74, 6) is -1.92. The van der Waals surface area contributed by atoms with Crippen molar-refractivity contribution in [2.45, 2.75) is 26.5 Å². The lowest BCUT2D eigenvalue weighted by Crippen LogP contribution is -2.26. The molecule has 9 heteroatoms. The van der Waals surface area contributed by atoms with Crippen LogP contribution in [0.15, 0.2) is 18.2 Å². The molecule has 2 aromatic rings. The van der Waals surface area contributed by atoms with Crippen molar-refractivity contribution in [3.05, 3.63) is 50.7 Å². The van der Waals surface area contributed by atoms with Gasteiger partial charge in [0.2, 0.25) is 0 Å². The summed E-state index contributed by atoms with van der Waals surface area (Å²) in [4.78, 5) is 27.9. The van der Waals surface area contributed by atoms with Gasteiger partial charge < -0.3 is 19.9 Å². The Labute approximate surface area is 160 Å². The highest BCUT2D eigenvalue weighted by Crippen LogP contribution is 2.24. The second-order valence-corrected chi connectivity index (χ2v) is 6.85. The minimum absolute atomic E-state index is 0.0273. The first-order valence-corrected chi connectivity index (χ1v) is 9.01. The maximum absolute atomic E-state index is 13.9. The summed E-state index contributed by atoms with van der Waals surface area (Å²) in [5, 5.41) is 12.3. The molecule has 0 bridgehead atoms. The summed E-state index contributed by atoms with van der Waals surface area (Å²) in [7, 11) is 1.54. The highest BCUT2D eigenvalue weighted by Gasteiger charge is 2.20. The molecule has 1 unspecified atom stereocenters. The summed E-state index contributed by atoms with van der Waals surface area (Å²) >= 11 is 1.02. The molecule has 1 amide bonds. The van der Waals surface area contributed by atoms with Gasteiger partial charge >= 0.3 is 5.97 Å².